The van der Waals surface area contributed by atoms with Crippen molar-refractivity contribution in [2.75, 3.05) is 10.2 Å². The fourth-order valence-electron chi connectivity index (χ4n) is 3.23. The summed E-state index contributed by atoms with van der Waals surface area (Å²) in [4.78, 5) is 19.2. The van der Waals surface area contributed by atoms with E-state index < -0.39 is 0 Å². The molecule has 29 heavy (non-hydrogen) atoms. The summed E-state index contributed by atoms with van der Waals surface area (Å²) in [6.45, 7) is 5.57. The van der Waals surface area contributed by atoms with E-state index in [1.54, 1.807) is 0 Å². The van der Waals surface area contributed by atoms with Crippen molar-refractivity contribution in [2.45, 2.75) is 46.2 Å². The number of carbonyl (C=O) groups excluding carboxylic acids is 1. The van der Waals surface area contributed by atoms with Crippen LogP contribution in [0.5, 0.6) is 0 Å². The molecule has 4 nitrogen and oxygen atoms in total. The Morgan fingerprint density at radius 3 is 2.00 bits per heavy atom. The van der Waals surface area contributed by atoms with E-state index in [0.717, 1.165) is 43.1 Å². The van der Waals surface area contributed by atoms with Crippen LogP contribution in [0.1, 0.15) is 43.0 Å². The molecule has 1 heterocycles. The molecule has 1 amide bonds. The number of aryl methyl sites for hydroxylation is 1. The highest BCUT2D eigenvalue weighted by atomic mass is 16.1. The van der Waals surface area contributed by atoms with Gasteiger partial charge < -0.3 is 10.2 Å². The van der Waals surface area contributed by atoms with Crippen LogP contribution in [0.2, 0.25) is 0 Å². The zero-order chi connectivity index (χ0) is 20.5. The van der Waals surface area contributed by atoms with Gasteiger partial charge in [0, 0.05) is 19.5 Å². The maximum absolute atomic E-state index is 12.1. The van der Waals surface area contributed by atoms with E-state index in [9.17, 15) is 4.79 Å². The van der Waals surface area contributed by atoms with Crippen molar-refractivity contribution >= 4 is 17.4 Å². The number of amides is 1. The second-order valence-corrected chi connectivity index (χ2v) is 7.28. The smallest absolute Gasteiger partial charge is 0.224 e. The van der Waals surface area contributed by atoms with E-state index in [1.807, 2.05) is 31.2 Å². The van der Waals surface area contributed by atoms with E-state index in [1.165, 1.54) is 11.1 Å². The first kappa shape index (κ1) is 20.6. The number of anilines is 2. The maximum Gasteiger partial charge on any atom is 0.224 e. The number of benzene rings is 2. The van der Waals surface area contributed by atoms with Gasteiger partial charge in [-0.05, 0) is 36.6 Å². The van der Waals surface area contributed by atoms with E-state index in [4.69, 9.17) is 4.98 Å². The van der Waals surface area contributed by atoms with Crippen molar-refractivity contribution in [2.24, 2.45) is 0 Å². The molecule has 2 aromatic carbocycles. The third-order valence-corrected chi connectivity index (χ3v) is 4.86. The Bertz CT molecular complexity index is 868. The zero-order valence-electron chi connectivity index (χ0n) is 17.3. The lowest BCUT2D eigenvalue weighted by atomic mass is 10.1. The number of hydrogen-bond donors (Lipinski definition) is 1. The quantitative estimate of drug-likeness (QED) is 0.510. The number of rotatable bonds is 9. The molecule has 0 aliphatic heterocycles. The molecule has 0 saturated heterocycles. The van der Waals surface area contributed by atoms with Crippen molar-refractivity contribution in [1.29, 1.82) is 0 Å². The highest BCUT2D eigenvalue weighted by molar-refractivity contribution is 5.91. The van der Waals surface area contributed by atoms with Crippen LogP contribution < -0.4 is 10.2 Å². The summed E-state index contributed by atoms with van der Waals surface area (Å²) in [7, 11) is 0. The minimum Gasteiger partial charge on any atom is -0.348 e. The molecule has 0 unspecified atom stereocenters. The maximum atomic E-state index is 12.1. The summed E-state index contributed by atoms with van der Waals surface area (Å²) in [6.07, 6.45) is 2.46. The van der Waals surface area contributed by atoms with Crippen LogP contribution >= 0.6 is 0 Å². The average Bonchev–Trinajstić information content (AvgIpc) is 2.75. The van der Waals surface area contributed by atoms with Crippen LogP contribution in [-0.4, -0.2) is 10.9 Å². The minimum atomic E-state index is 0.0509. The highest BCUT2D eigenvalue weighted by Gasteiger charge is 2.13. The minimum absolute atomic E-state index is 0.0509. The molecule has 0 saturated carbocycles. The van der Waals surface area contributed by atoms with E-state index in [0.29, 0.717) is 6.42 Å². The Balaban J connectivity index is 1.81. The Morgan fingerprint density at radius 2 is 1.48 bits per heavy atom. The average molecular weight is 388 g/mol. The normalized spacial score (nSPS) is 10.6. The summed E-state index contributed by atoms with van der Waals surface area (Å²) in [5.74, 6) is 0.955. The van der Waals surface area contributed by atoms with Crippen LogP contribution in [-0.2, 0) is 17.9 Å². The number of hydrogen-bond acceptors (Lipinski definition) is 3. The van der Waals surface area contributed by atoms with Crippen LogP contribution in [0.3, 0.4) is 0 Å². The highest BCUT2D eigenvalue weighted by Crippen LogP contribution is 2.22. The lowest BCUT2D eigenvalue weighted by Gasteiger charge is -2.25. The number of pyridine rings is 1. The molecule has 3 rings (SSSR count). The summed E-state index contributed by atoms with van der Waals surface area (Å²) in [5.41, 5.74) is 4.09. The number of unbranched alkanes of at least 4 members (excludes halogenated alkanes) is 1. The molecule has 3 aromatic rings. The van der Waals surface area contributed by atoms with Gasteiger partial charge in [0.1, 0.15) is 5.82 Å². The molecule has 150 valence electrons. The first-order valence-electron chi connectivity index (χ1n) is 10.3. The van der Waals surface area contributed by atoms with Gasteiger partial charge in [-0.25, -0.2) is 4.98 Å². The predicted molar refractivity (Wildman–Crippen MR) is 120 cm³/mol. The van der Waals surface area contributed by atoms with Gasteiger partial charge in [-0.3, -0.25) is 4.79 Å². The molecular weight excluding hydrogens is 358 g/mol. The van der Waals surface area contributed by atoms with Crippen molar-refractivity contribution < 1.29 is 4.79 Å². The topological polar surface area (TPSA) is 45.2 Å². The van der Waals surface area contributed by atoms with Gasteiger partial charge in [0.2, 0.25) is 5.91 Å². The molecular formula is C25H29N3O. The van der Waals surface area contributed by atoms with E-state index in [-0.39, 0.29) is 5.91 Å². The van der Waals surface area contributed by atoms with Crippen molar-refractivity contribution in [3.05, 3.63) is 89.6 Å². The third kappa shape index (κ3) is 6.18. The SMILES string of the molecule is CCCCC(=O)Nc1ccc(N(Cc2ccccc2)Cc2ccccc2)nc1C. The second kappa shape index (κ2) is 10.4. The Hall–Kier alpha value is -3.14. The first-order valence-corrected chi connectivity index (χ1v) is 10.3. The molecule has 0 spiro atoms. The fourth-order valence-corrected chi connectivity index (χ4v) is 3.23. The number of nitrogens with zero attached hydrogens (tertiary/aromatic N) is 2. The van der Waals surface area contributed by atoms with Crippen LogP contribution in [0.4, 0.5) is 11.5 Å². The van der Waals surface area contributed by atoms with Gasteiger partial charge in [-0.2, -0.15) is 0 Å². The summed E-state index contributed by atoms with van der Waals surface area (Å²) >= 11 is 0. The number of carbonyl (C=O) groups is 1. The Kier molecular flexibility index (Phi) is 7.40. The van der Waals surface area contributed by atoms with Gasteiger partial charge in [0.25, 0.3) is 0 Å². The van der Waals surface area contributed by atoms with Crippen molar-refractivity contribution in [3.63, 3.8) is 0 Å². The molecule has 4 heteroatoms. The molecule has 1 aromatic heterocycles. The van der Waals surface area contributed by atoms with Gasteiger partial charge >= 0.3 is 0 Å². The molecule has 0 fully saturated rings. The van der Waals surface area contributed by atoms with Gasteiger partial charge in [0.15, 0.2) is 0 Å². The molecule has 1 N–H and O–H groups in total. The summed E-state index contributed by atoms with van der Waals surface area (Å²) in [6, 6.07) is 24.8. The van der Waals surface area contributed by atoms with Crippen LogP contribution in [0.25, 0.3) is 0 Å². The Morgan fingerprint density at radius 1 is 0.897 bits per heavy atom. The molecule has 0 aliphatic rings. The summed E-state index contributed by atoms with van der Waals surface area (Å²) < 4.78 is 0. The lowest BCUT2D eigenvalue weighted by Crippen LogP contribution is -2.23. The first-order chi connectivity index (χ1) is 14.2. The fraction of sp³-hybridized carbons (Fsp3) is 0.280. The largest absolute Gasteiger partial charge is 0.348 e. The molecule has 0 radical (unpaired) electrons. The standard InChI is InChI=1S/C25H29N3O/c1-3-4-15-25(29)27-23-16-17-24(26-20(23)2)28(18-21-11-7-5-8-12-21)19-22-13-9-6-10-14-22/h5-14,16-17H,3-4,15,18-19H2,1-2H3,(H,27,29). The Labute approximate surface area is 173 Å². The van der Waals surface area contributed by atoms with Gasteiger partial charge in [-0.1, -0.05) is 74.0 Å². The van der Waals surface area contributed by atoms with Gasteiger partial charge in [0.05, 0.1) is 11.4 Å². The lowest BCUT2D eigenvalue weighted by molar-refractivity contribution is -0.116. The molecule has 0 aliphatic carbocycles. The zero-order valence-corrected chi connectivity index (χ0v) is 17.3. The van der Waals surface area contributed by atoms with Crippen molar-refractivity contribution in [1.82, 2.24) is 4.98 Å². The molecule has 0 bridgehead atoms. The van der Waals surface area contributed by atoms with E-state index >= 15 is 0 Å². The van der Waals surface area contributed by atoms with E-state index in [2.05, 4.69) is 65.7 Å². The summed E-state index contributed by atoms with van der Waals surface area (Å²) in [5, 5.41) is 2.99. The van der Waals surface area contributed by atoms with Gasteiger partial charge in [-0.15, -0.1) is 0 Å². The van der Waals surface area contributed by atoms with Crippen molar-refractivity contribution in [3.8, 4) is 0 Å². The monoisotopic (exact) mass is 387 g/mol. The second-order valence-electron chi connectivity index (χ2n) is 7.28. The van der Waals surface area contributed by atoms with Crippen LogP contribution in [0.15, 0.2) is 72.8 Å². The molecule has 0 atom stereocenters. The number of aromatic nitrogens is 1. The number of nitrogens with one attached hydrogen (secondary N) is 1. The predicted octanol–water partition coefficient (Wildman–Crippen LogP) is 5.73. The third-order valence-electron chi connectivity index (χ3n) is 4.86. The van der Waals surface area contributed by atoms with Crippen LogP contribution in [0, 0.1) is 6.92 Å².